The molecule has 0 aliphatic heterocycles. The number of nitrogens with zero attached hydrogens (tertiary/aromatic N) is 2. The van der Waals surface area contributed by atoms with Crippen molar-refractivity contribution in [1.29, 1.82) is 5.26 Å². The first-order chi connectivity index (χ1) is 8.63. The Morgan fingerprint density at radius 2 is 2.17 bits per heavy atom. The van der Waals surface area contributed by atoms with Crippen LogP contribution in [0.3, 0.4) is 0 Å². The fourth-order valence-corrected chi connectivity index (χ4v) is 2.19. The maximum absolute atomic E-state index is 12.4. The van der Waals surface area contributed by atoms with Crippen molar-refractivity contribution in [3.05, 3.63) is 33.8 Å². The van der Waals surface area contributed by atoms with E-state index in [0.717, 1.165) is 12.8 Å². The van der Waals surface area contributed by atoms with Gasteiger partial charge in [-0.1, -0.05) is 23.2 Å². The van der Waals surface area contributed by atoms with Gasteiger partial charge in [-0.05, 0) is 31.0 Å². The molecule has 1 aromatic carbocycles. The topological polar surface area (TPSA) is 44.1 Å². The van der Waals surface area contributed by atoms with Gasteiger partial charge in [0.15, 0.2) is 0 Å². The third kappa shape index (κ3) is 2.95. The van der Waals surface area contributed by atoms with Crippen molar-refractivity contribution in [2.75, 3.05) is 6.54 Å². The highest BCUT2D eigenvalue weighted by molar-refractivity contribution is 6.35. The van der Waals surface area contributed by atoms with Gasteiger partial charge < -0.3 is 4.90 Å². The first-order valence-electron chi connectivity index (χ1n) is 5.76. The average molecular weight is 283 g/mol. The molecule has 1 saturated carbocycles. The van der Waals surface area contributed by atoms with Crippen LogP contribution >= 0.6 is 23.2 Å². The van der Waals surface area contributed by atoms with E-state index in [1.54, 1.807) is 23.1 Å². The smallest absolute Gasteiger partial charge is 0.255 e. The number of amides is 1. The van der Waals surface area contributed by atoms with Crippen LogP contribution in [-0.4, -0.2) is 23.4 Å². The molecule has 5 heteroatoms. The maximum atomic E-state index is 12.4. The molecule has 0 radical (unpaired) electrons. The van der Waals surface area contributed by atoms with Crippen molar-refractivity contribution in [2.24, 2.45) is 0 Å². The summed E-state index contributed by atoms with van der Waals surface area (Å²) >= 11 is 11.9. The minimum atomic E-state index is -0.139. The summed E-state index contributed by atoms with van der Waals surface area (Å²) in [6, 6.07) is 7.16. The fourth-order valence-electron chi connectivity index (χ4n) is 1.82. The van der Waals surface area contributed by atoms with E-state index in [2.05, 4.69) is 6.07 Å². The minimum absolute atomic E-state index is 0.139. The van der Waals surface area contributed by atoms with Gasteiger partial charge >= 0.3 is 0 Å². The average Bonchev–Trinajstić information content (AvgIpc) is 3.17. The van der Waals surface area contributed by atoms with Crippen LogP contribution in [0, 0.1) is 11.3 Å². The highest BCUT2D eigenvalue weighted by Gasteiger charge is 2.33. The summed E-state index contributed by atoms with van der Waals surface area (Å²) < 4.78 is 0. The number of nitriles is 1. The molecule has 3 nitrogen and oxygen atoms in total. The highest BCUT2D eigenvalue weighted by Crippen LogP contribution is 2.30. The number of rotatable bonds is 4. The Morgan fingerprint density at radius 1 is 1.44 bits per heavy atom. The normalized spacial score (nSPS) is 14.1. The maximum Gasteiger partial charge on any atom is 0.255 e. The zero-order valence-corrected chi connectivity index (χ0v) is 11.2. The predicted octanol–water partition coefficient (Wildman–Crippen LogP) is 3.51. The summed E-state index contributed by atoms with van der Waals surface area (Å²) in [6.45, 7) is 0.447. The number of benzene rings is 1. The van der Waals surface area contributed by atoms with Gasteiger partial charge in [0.25, 0.3) is 5.91 Å². The molecule has 0 atom stereocenters. The van der Waals surface area contributed by atoms with Crippen LogP contribution in [0.4, 0.5) is 0 Å². The van der Waals surface area contributed by atoms with Gasteiger partial charge in [0.2, 0.25) is 0 Å². The van der Waals surface area contributed by atoms with Crippen molar-refractivity contribution >= 4 is 29.1 Å². The summed E-state index contributed by atoms with van der Waals surface area (Å²) in [6.07, 6.45) is 2.32. The lowest BCUT2D eigenvalue weighted by atomic mass is 10.2. The Morgan fingerprint density at radius 3 is 2.78 bits per heavy atom. The summed E-state index contributed by atoms with van der Waals surface area (Å²) in [5, 5.41) is 9.51. The molecule has 18 heavy (non-hydrogen) atoms. The van der Waals surface area contributed by atoms with E-state index in [0.29, 0.717) is 28.6 Å². The molecule has 94 valence electrons. The van der Waals surface area contributed by atoms with Crippen LogP contribution in [0.2, 0.25) is 10.0 Å². The standard InChI is InChI=1S/C13H12Cl2N2O/c14-9-2-5-12(15)11(8-9)13(18)17(7-1-6-16)10-3-4-10/h2,5,8,10H,1,3-4,7H2. The monoisotopic (exact) mass is 282 g/mol. The highest BCUT2D eigenvalue weighted by atomic mass is 35.5. The lowest BCUT2D eigenvalue weighted by molar-refractivity contribution is 0.0747. The van der Waals surface area contributed by atoms with Crippen molar-refractivity contribution in [3.8, 4) is 6.07 Å². The fraction of sp³-hybridized carbons (Fsp3) is 0.385. The molecule has 1 aliphatic carbocycles. The zero-order chi connectivity index (χ0) is 13.1. The van der Waals surface area contributed by atoms with Gasteiger partial charge in [-0.3, -0.25) is 4.79 Å². The van der Waals surface area contributed by atoms with E-state index in [4.69, 9.17) is 28.5 Å². The molecule has 0 unspecified atom stereocenters. The zero-order valence-electron chi connectivity index (χ0n) is 9.70. The third-order valence-corrected chi connectivity index (χ3v) is 3.44. The van der Waals surface area contributed by atoms with Crippen LogP contribution in [-0.2, 0) is 0 Å². The van der Waals surface area contributed by atoms with Crippen molar-refractivity contribution in [2.45, 2.75) is 25.3 Å². The first kappa shape index (κ1) is 13.2. The molecule has 0 heterocycles. The molecule has 0 aromatic heterocycles. The Kier molecular flexibility index (Phi) is 4.11. The summed E-state index contributed by atoms with van der Waals surface area (Å²) in [5.41, 5.74) is 0.411. The van der Waals surface area contributed by atoms with Crippen LogP contribution in [0.1, 0.15) is 29.6 Å². The van der Waals surface area contributed by atoms with E-state index in [1.165, 1.54) is 0 Å². The van der Waals surface area contributed by atoms with Gasteiger partial charge in [-0.25, -0.2) is 0 Å². The number of carbonyl (C=O) groups excluding carboxylic acids is 1. The lowest BCUT2D eigenvalue weighted by Gasteiger charge is -2.21. The molecule has 0 saturated heterocycles. The molecule has 1 aliphatic rings. The van der Waals surface area contributed by atoms with Crippen molar-refractivity contribution in [3.63, 3.8) is 0 Å². The molecule has 0 bridgehead atoms. The SMILES string of the molecule is N#CCCN(C(=O)c1cc(Cl)ccc1Cl)C1CC1. The van der Waals surface area contributed by atoms with E-state index < -0.39 is 0 Å². The van der Waals surface area contributed by atoms with E-state index in [1.807, 2.05) is 0 Å². The Labute approximate surface area is 116 Å². The van der Waals surface area contributed by atoms with Crippen LogP contribution in [0.25, 0.3) is 0 Å². The van der Waals surface area contributed by atoms with Gasteiger partial charge in [0.05, 0.1) is 23.1 Å². The summed E-state index contributed by atoms with van der Waals surface area (Å²) in [5.74, 6) is -0.139. The molecule has 2 rings (SSSR count). The lowest BCUT2D eigenvalue weighted by Crippen LogP contribution is -2.34. The predicted molar refractivity (Wildman–Crippen MR) is 70.8 cm³/mol. The quantitative estimate of drug-likeness (QED) is 0.848. The molecule has 1 fully saturated rings. The van der Waals surface area contributed by atoms with Gasteiger partial charge in [-0.15, -0.1) is 0 Å². The number of hydrogen-bond acceptors (Lipinski definition) is 2. The summed E-state index contributed by atoms with van der Waals surface area (Å²) in [4.78, 5) is 14.1. The second-order valence-electron chi connectivity index (χ2n) is 4.26. The third-order valence-electron chi connectivity index (χ3n) is 2.87. The first-order valence-corrected chi connectivity index (χ1v) is 6.52. The van der Waals surface area contributed by atoms with Gasteiger partial charge in [-0.2, -0.15) is 5.26 Å². The molecule has 1 aromatic rings. The number of carbonyl (C=O) groups is 1. The van der Waals surface area contributed by atoms with E-state index >= 15 is 0 Å². The molecule has 1 amide bonds. The summed E-state index contributed by atoms with van der Waals surface area (Å²) in [7, 11) is 0. The Balaban J connectivity index is 2.22. The second kappa shape index (κ2) is 5.60. The van der Waals surface area contributed by atoms with Crippen LogP contribution < -0.4 is 0 Å². The van der Waals surface area contributed by atoms with Gasteiger partial charge in [0.1, 0.15) is 0 Å². The Bertz CT molecular complexity index is 506. The molecule has 0 spiro atoms. The minimum Gasteiger partial charge on any atom is -0.335 e. The number of halogens is 2. The van der Waals surface area contributed by atoms with Crippen LogP contribution in [0.15, 0.2) is 18.2 Å². The second-order valence-corrected chi connectivity index (χ2v) is 5.11. The van der Waals surface area contributed by atoms with E-state index in [-0.39, 0.29) is 11.9 Å². The van der Waals surface area contributed by atoms with E-state index in [9.17, 15) is 4.79 Å². The largest absolute Gasteiger partial charge is 0.335 e. The molecular formula is C13H12Cl2N2O. The molecular weight excluding hydrogens is 271 g/mol. The van der Waals surface area contributed by atoms with Crippen LogP contribution in [0.5, 0.6) is 0 Å². The number of hydrogen-bond donors (Lipinski definition) is 0. The van der Waals surface area contributed by atoms with Crippen molar-refractivity contribution < 1.29 is 4.79 Å². The van der Waals surface area contributed by atoms with Crippen molar-refractivity contribution in [1.82, 2.24) is 4.90 Å². The molecule has 0 N–H and O–H groups in total. The Hall–Kier alpha value is -1.24. The van der Waals surface area contributed by atoms with Gasteiger partial charge in [0, 0.05) is 17.6 Å².